The van der Waals surface area contributed by atoms with Crippen molar-refractivity contribution >= 4 is 38.5 Å². The fourth-order valence-electron chi connectivity index (χ4n) is 1.41. The van der Waals surface area contributed by atoms with E-state index in [1.165, 1.54) is 16.2 Å². The summed E-state index contributed by atoms with van der Waals surface area (Å²) in [6.45, 7) is 6.95. The predicted molar refractivity (Wildman–Crippen MR) is 73.9 cm³/mol. The van der Waals surface area contributed by atoms with E-state index in [9.17, 15) is 4.79 Å². The van der Waals surface area contributed by atoms with Gasteiger partial charge in [0.05, 0.1) is 9.98 Å². The van der Waals surface area contributed by atoms with Gasteiger partial charge in [-0.2, -0.15) is 0 Å². The number of aromatic nitrogens is 1. The molecule has 1 aromatic heterocycles. The second-order valence-corrected chi connectivity index (χ2v) is 7.43. The van der Waals surface area contributed by atoms with Crippen LogP contribution in [0.5, 0.6) is 0 Å². The average Bonchev–Trinajstić information content (AvgIpc) is 2.57. The summed E-state index contributed by atoms with van der Waals surface area (Å²) < 4.78 is 0.842. The molecule has 0 aliphatic carbocycles. The lowest BCUT2D eigenvalue weighted by Gasteiger charge is -2.21. The first-order chi connectivity index (χ1) is 7.79. The molecule has 0 spiro atoms. The predicted octanol–water partition coefficient (Wildman–Crippen LogP) is 4.22. The first kappa shape index (κ1) is 14.4. The van der Waals surface area contributed by atoms with Crippen molar-refractivity contribution in [3.8, 4) is 0 Å². The van der Waals surface area contributed by atoms with Gasteiger partial charge in [0.15, 0.2) is 5.13 Å². The fraction of sp³-hybridized carbons (Fsp3) is 0.636. The molecule has 1 amide bonds. The maximum absolute atomic E-state index is 11.1. The monoisotopic (exact) mass is 320 g/mol. The third-order valence-corrected chi connectivity index (χ3v) is 3.73. The maximum atomic E-state index is 11.1. The topological polar surface area (TPSA) is 53.4 Å². The first-order valence-electron chi connectivity index (χ1n) is 5.41. The SMILES string of the molecule is CC(C)(C)CCCN(C(=O)O)c1ncc(Br)s1. The Hall–Kier alpha value is -0.620. The van der Waals surface area contributed by atoms with Gasteiger partial charge in [-0.05, 0) is 34.2 Å². The van der Waals surface area contributed by atoms with Crippen LogP contribution in [0.3, 0.4) is 0 Å². The van der Waals surface area contributed by atoms with E-state index in [4.69, 9.17) is 5.11 Å². The van der Waals surface area contributed by atoms with Crippen molar-refractivity contribution in [2.45, 2.75) is 33.6 Å². The number of amides is 1. The molecule has 6 heteroatoms. The largest absolute Gasteiger partial charge is 0.465 e. The molecule has 0 unspecified atom stereocenters. The summed E-state index contributed by atoms with van der Waals surface area (Å²) in [5.74, 6) is 0. The Kier molecular flexibility index (Phi) is 4.94. The van der Waals surface area contributed by atoms with Gasteiger partial charge in [-0.25, -0.2) is 9.78 Å². The van der Waals surface area contributed by atoms with Crippen molar-refractivity contribution in [2.24, 2.45) is 5.41 Å². The molecule has 0 fully saturated rings. The van der Waals surface area contributed by atoms with Crippen molar-refractivity contribution in [2.75, 3.05) is 11.4 Å². The van der Waals surface area contributed by atoms with Gasteiger partial charge >= 0.3 is 6.09 Å². The Morgan fingerprint density at radius 1 is 1.59 bits per heavy atom. The number of carbonyl (C=O) groups is 1. The molecule has 0 aliphatic rings. The number of thiazole rings is 1. The van der Waals surface area contributed by atoms with E-state index in [1.54, 1.807) is 6.20 Å². The van der Waals surface area contributed by atoms with Crippen LogP contribution in [0.4, 0.5) is 9.93 Å². The minimum absolute atomic E-state index is 0.230. The molecular weight excluding hydrogens is 304 g/mol. The van der Waals surface area contributed by atoms with Gasteiger partial charge < -0.3 is 5.11 Å². The molecule has 96 valence electrons. The van der Waals surface area contributed by atoms with E-state index in [-0.39, 0.29) is 5.41 Å². The third-order valence-electron chi connectivity index (χ3n) is 2.24. The van der Waals surface area contributed by atoms with Crippen LogP contribution in [0.1, 0.15) is 33.6 Å². The van der Waals surface area contributed by atoms with Crippen molar-refractivity contribution in [1.29, 1.82) is 0 Å². The summed E-state index contributed by atoms with van der Waals surface area (Å²) >= 11 is 4.62. The quantitative estimate of drug-likeness (QED) is 0.903. The number of hydrogen-bond donors (Lipinski definition) is 1. The number of carboxylic acid groups (broad SMARTS) is 1. The summed E-state index contributed by atoms with van der Waals surface area (Å²) in [6, 6.07) is 0. The minimum atomic E-state index is -0.944. The van der Waals surface area contributed by atoms with E-state index in [2.05, 4.69) is 41.7 Å². The zero-order chi connectivity index (χ0) is 13.1. The first-order valence-corrected chi connectivity index (χ1v) is 7.02. The maximum Gasteiger partial charge on any atom is 0.413 e. The van der Waals surface area contributed by atoms with Crippen molar-refractivity contribution in [3.05, 3.63) is 9.98 Å². The Labute approximate surface area is 114 Å². The molecule has 1 N–H and O–H groups in total. The number of nitrogens with zero attached hydrogens (tertiary/aromatic N) is 2. The molecule has 0 aromatic carbocycles. The fourth-order valence-corrected chi connectivity index (χ4v) is 2.61. The van der Waals surface area contributed by atoms with Gasteiger partial charge in [0.2, 0.25) is 0 Å². The molecule has 0 aliphatic heterocycles. The van der Waals surface area contributed by atoms with Gasteiger partial charge in [0.1, 0.15) is 0 Å². The highest BCUT2D eigenvalue weighted by Crippen LogP contribution is 2.28. The number of rotatable bonds is 4. The molecule has 1 rings (SSSR count). The average molecular weight is 321 g/mol. The van der Waals surface area contributed by atoms with E-state index in [0.29, 0.717) is 11.7 Å². The molecule has 1 aromatic rings. The van der Waals surface area contributed by atoms with Gasteiger partial charge in [-0.15, -0.1) is 0 Å². The Bertz CT molecular complexity index is 387. The van der Waals surface area contributed by atoms with Gasteiger partial charge in [-0.1, -0.05) is 32.1 Å². The highest BCUT2D eigenvalue weighted by Gasteiger charge is 2.19. The molecular formula is C11H17BrN2O2S. The van der Waals surface area contributed by atoms with Gasteiger partial charge in [0.25, 0.3) is 0 Å². The lowest BCUT2D eigenvalue weighted by atomic mass is 9.90. The minimum Gasteiger partial charge on any atom is -0.465 e. The van der Waals surface area contributed by atoms with Crippen LogP contribution >= 0.6 is 27.3 Å². The number of hydrogen-bond acceptors (Lipinski definition) is 3. The van der Waals surface area contributed by atoms with E-state index in [0.717, 1.165) is 16.6 Å². The third kappa shape index (κ3) is 5.04. The number of anilines is 1. The van der Waals surface area contributed by atoms with Crippen LogP contribution in [-0.4, -0.2) is 22.7 Å². The Morgan fingerprint density at radius 2 is 2.24 bits per heavy atom. The van der Waals surface area contributed by atoms with Crippen LogP contribution in [0.2, 0.25) is 0 Å². The van der Waals surface area contributed by atoms with E-state index < -0.39 is 6.09 Å². The molecule has 0 radical (unpaired) electrons. The molecule has 4 nitrogen and oxygen atoms in total. The molecule has 0 saturated heterocycles. The summed E-state index contributed by atoms with van der Waals surface area (Å²) in [7, 11) is 0. The smallest absolute Gasteiger partial charge is 0.413 e. The lowest BCUT2D eigenvalue weighted by Crippen LogP contribution is -2.30. The molecule has 0 atom stereocenters. The lowest BCUT2D eigenvalue weighted by molar-refractivity contribution is 0.201. The standard InChI is InChI=1S/C11H17BrN2O2S/c1-11(2,3)5-4-6-14(10(15)16)9-13-7-8(12)17-9/h7H,4-6H2,1-3H3,(H,15,16). The van der Waals surface area contributed by atoms with Crippen LogP contribution in [0.25, 0.3) is 0 Å². The highest BCUT2D eigenvalue weighted by molar-refractivity contribution is 9.11. The Balaban J connectivity index is 2.59. The molecule has 0 bridgehead atoms. The summed E-state index contributed by atoms with van der Waals surface area (Å²) in [5.41, 5.74) is 0.230. The zero-order valence-electron chi connectivity index (χ0n) is 10.2. The Morgan fingerprint density at radius 3 is 2.65 bits per heavy atom. The highest BCUT2D eigenvalue weighted by atomic mass is 79.9. The van der Waals surface area contributed by atoms with Crippen LogP contribution in [0, 0.1) is 5.41 Å². The summed E-state index contributed by atoms with van der Waals surface area (Å²) in [5, 5.41) is 9.67. The van der Waals surface area contributed by atoms with Crippen LogP contribution in [-0.2, 0) is 0 Å². The van der Waals surface area contributed by atoms with Crippen molar-refractivity contribution < 1.29 is 9.90 Å². The second kappa shape index (κ2) is 5.82. The molecule has 0 saturated carbocycles. The molecule has 1 heterocycles. The van der Waals surface area contributed by atoms with Crippen LogP contribution in [0.15, 0.2) is 9.98 Å². The van der Waals surface area contributed by atoms with E-state index in [1.807, 2.05) is 0 Å². The molecule has 17 heavy (non-hydrogen) atoms. The normalized spacial score (nSPS) is 11.5. The second-order valence-electron chi connectivity index (χ2n) is 5.05. The summed E-state index contributed by atoms with van der Waals surface area (Å²) in [6.07, 6.45) is 2.51. The zero-order valence-corrected chi connectivity index (χ0v) is 12.6. The number of halogens is 1. The van der Waals surface area contributed by atoms with Crippen LogP contribution < -0.4 is 4.90 Å². The van der Waals surface area contributed by atoms with Gasteiger partial charge in [-0.3, -0.25) is 4.90 Å². The summed E-state index contributed by atoms with van der Waals surface area (Å²) in [4.78, 5) is 16.5. The van der Waals surface area contributed by atoms with E-state index >= 15 is 0 Å². The van der Waals surface area contributed by atoms with Gasteiger partial charge in [0, 0.05) is 6.54 Å². The van der Waals surface area contributed by atoms with Crippen molar-refractivity contribution in [3.63, 3.8) is 0 Å². The van der Waals surface area contributed by atoms with Crippen molar-refractivity contribution in [1.82, 2.24) is 4.98 Å².